The van der Waals surface area contributed by atoms with Gasteiger partial charge in [-0.1, -0.05) is 30.0 Å². The predicted molar refractivity (Wildman–Crippen MR) is 135 cm³/mol. The molecule has 2 heterocycles. The number of amides is 1. The van der Waals surface area contributed by atoms with E-state index < -0.39 is 0 Å². The van der Waals surface area contributed by atoms with E-state index in [-0.39, 0.29) is 11.7 Å². The van der Waals surface area contributed by atoms with Crippen LogP contribution < -0.4 is 19.9 Å². The molecule has 1 amide bonds. The molecule has 33 heavy (non-hydrogen) atoms. The summed E-state index contributed by atoms with van der Waals surface area (Å²) in [4.78, 5) is 17.1. The van der Waals surface area contributed by atoms with Gasteiger partial charge in [0.2, 0.25) is 5.91 Å². The first-order valence-corrected chi connectivity index (χ1v) is 12.0. The Morgan fingerprint density at radius 2 is 1.73 bits per heavy atom. The molecule has 172 valence electrons. The molecule has 0 unspecified atom stereocenters. The molecule has 1 aliphatic rings. The van der Waals surface area contributed by atoms with Crippen molar-refractivity contribution in [2.24, 2.45) is 0 Å². The highest BCUT2D eigenvalue weighted by atomic mass is 32.2. The lowest BCUT2D eigenvalue weighted by molar-refractivity contribution is -0.113. The van der Waals surface area contributed by atoms with E-state index in [0.717, 1.165) is 42.6 Å². The molecule has 0 bridgehead atoms. The number of rotatable bonds is 7. The first-order chi connectivity index (χ1) is 16.0. The van der Waals surface area contributed by atoms with Gasteiger partial charge in [0.1, 0.15) is 10.8 Å². The molecule has 4 rings (SSSR count). The second-order valence-electron chi connectivity index (χ2n) is 8.08. The molecule has 0 radical (unpaired) electrons. The van der Waals surface area contributed by atoms with Gasteiger partial charge >= 0.3 is 0 Å². The molecule has 0 aliphatic carbocycles. The van der Waals surface area contributed by atoms with Gasteiger partial charge in [-0.3, -0.25) is 4.79 Å². The Balaban J connectivity index is 1.27. The minimum absolute atomic E-state index is 0.109. The predicted octanol–water partition coefficient (Wildman–Crippen LogP) is 4.16. The molecular weight excluding hydrogens is 434 g/mol. The molecule has 1 aliphatic heterocycles. The van der Waals surface area contributed by atoms with Crippen LogP contribution in [0.25, 0.3) is 0 Å². The molecule has 8 heteroatoms. The zero-order valence-electron chi connectivity index (χ0n) is 19.2. The van der Waals surface area contributed by atoms with Gasteiger partial charge in [-0.05, 0) is 61.4 Å². The smallest absolute Gasteiger partial charge is 0.234 e. The zero-order chi connectivity index (χ0) is 23.2. The molecule has 1 N–H and O–H groups in total. The molecule has 0 atom stereocenters. The van der Waals surface area contributed by atoms with Crippen LogP contribution in [0.3, 0.4) is 0 Å². The highest BCUT2D eigenvalue weighted by molar-refractivity contribution is 7.99. The van der Waals surface area contributed by atoms with E-state index in [2.05, 4.69) is 56.5 Å². The van der Waals surface area contributed by atoms with Crippen LogP contribution in [0.15, 0.2) is 59.6 Å². The number of anilines is 3. The van der Waals surface area contributed by atoms with E-state index >= 15 is 0 Å². The Labute approximate surface area is 199 Å². The Hall–Kier alpha value is -3.26. The van der Waals surface area contributed by atoms with Crippen LogP contribution in [0.1, 0.15) is 11.1 Å². The first-order valence-electron chi connectivity index (χ1n) is 11.0. The topological polar surface area (TPSA) is 70.6 Å². The Morgan fingerprint density at radius 3 is 2.42 bits per heavy atom. The molecule has 3 aromatic rings. The third kappa shape index (κ3) is 5.96. The molecule has 7 nitrogen and oxygen atoms in total. The number of carbonyl (C=O) groups excluding carboxylic acids is 1. The highest BCUT2D eigenvalue weighted by Crippen LogP contribution is 2.26. The maximum Gasteiger partial charge on any atom is 0.234 e. The van der Waals surface area contributed by atoms with Gasteiger partial charge in [-0.25, -0.2) is 0 Å². The number of carbonyl (C=O) groups is 1. The van der Waals surface area contributed by atoms with Gasteiger partial charge in [0.15, 0.2) is 5.82 Å². The largest absolute Gasteiger partial charge is 0.495 e. The van der Waals surface area contributed by atoms with Crippen LogP contribution in [0.2, 0.25) is 0 Å². The van der Waals surface area contributed by atoms with E-state index in [9.17, 15) is 4.79 Å². The van der Waals surface area contributed by atoms with Crippen molar-refractivity contribution in [1.29, 1.82) is 0 Å². The monoisotopic (exact) mass is 463 g/mol. The maximum absolute atomic E-state index is 12.4. The van der Waals surface area contributed by atoms with Crippen molar-refractivity contribution in [2.75, 3.05) is 54.2 Å². The van der Waals surface area contributed by atoms with Gasteiger partial charge in [0.25, 0.3) is 0 Å². The third-order valence-electron chi connectivity index (χ3n) is 5.58. The number of aryl methyl sites for hydroxylation is 2. The van der Waals surface area contributed by atoms with Gasteiger partial charge in [0.05, 0.1) is 18.6 Å². The summed E-state index contributed by atoms with van der Waals surface area (Å²) >= 11 is 1.37. The highest BCUT2D eigenvalue weighted by Gasteiger charge is 2.19. The van der Waals surface area contributed by atoms with Crippen LogP contribution in [0.4, 0.5) is 17.2 Å². The lowest BCUT2D eigenvalue weighted by Crippen LogP contribution is -2.46. The summed E-state index contributed by atoms with van der Waals surface area (Å²) in [5.74, 6) is 1.66. The minimum Gasteiger partial charge on any atom is -0.495 e. The molecule has 1 aromatic heterocycles. The zero-order valence-corrected chi connectivity index (χ0v) is 20.1. The summed E-state index contributed by atoms with van der Waals surface area (Å²) < 4.78 is 5.32. The summed E-state index contributed by atoms with van der Waals surface area (Å²) in [6.45, 7) is 7.79. The van der Waals surface area contributed by atoms with Crippen LogP contribution >= 0.6 is 11.8 Å². The number of hydrogen-bond donors (Lipinski definition) is 1. The van der Waals surface area contributed by atoms with Crippen molar-refractivity contribution in [3.63, 3.8) is 0 Å². The Kier molecular flexibility index (Phi) is 7.34. The SMILES string of the molecule is COc1ccc(C)cc1NC(=O)CSc1ccc(N2CCN(c3cccc(C)c3)CC2)nn1. The quantitative estimate of drug-likeness (QED) is 0.528. The average molecular weight is 464 g/mol. The minimum atomic E-state index is -0.109. The van der Waals surface area contributed by atoms with Crippen LogP contribution in [0, 0.1) is 13.8 Å². The van der Waals surface area contributed by atoms with Crippen molar-refractivity contribution >= 4 is 34.9 Å². The van der Waals surface area contributed by atoms with Crippen molar-refractivity contribution in [2.45, 2.75) is 18.9 Å². The molecule has 0 saturated carbocycles. The number of ether oxygens (including phenoxy) is 1. The number of thioether (sulfide) groups is 1. The normalized spacial score (nSPS) is 13.7. The molecule has 0 spiro atoms. The number of nitrogens with zero attached hydrogens (tertiary/aromatic N) is 4. The number of aromatic nitrogens is 2. The number of hydrogen-bond acceptors (Lipinski definition) is 7. The van der Waals surface area contributed by atoms with Crippen molar-refractivity contribution in [1.82, 2.24) is 10.2 Å². The van der Waals surface area contributed by atoms with E-state index in [4.69, 9.17) is 4.74 Å². The second-order valence-corrected chi connectivity index (χ2v) is 9.08. The summed E-state index contributed by atoms with van der Waals surface area (Å²) in [6.07, 6.45) is 0. The van der Waals surface area contributed by atoms with Crippen molar-refractivity contribution < 1.29 is 9.53 Å². The number of benzene rings is 2. The average Bonchev–Trinajstić information content (AvgIpc) is 2.83. The molecule has 1 saturated heterocycles. The number of methoxy groups -OCH3 is 1. The molecule has 1 fully saturated rings. The van der Waals surface area contributed by atoms with Crippen LogP contribution in [-0.2, 0) is 4.79 Å². The Bertz CT molecular complexity index is 1100. The number of piperazine rings is 1. The van der Waals surface area contributed by atoms with E-state index in [1.165, 1.54) is 23.0 Å². The lowest BCUT2D eigenvalue weighted by Gasteiger charge is -2.36. The van der Waals surface area contributed by atoms with E-state index in [0.29, 0.717) is 11.4 Å². The van der Waals surface area contributed by atoms with Crippen molar-refractivity contribution in [3.8, 4) is 5.75 Å². The van der Waals surface area contributed by atoms with Crippen molar-refractivity contribution in [3.05, 3.63) is 65.7 Å². The third-order valence-corrected chi connectivity index (χ3v) is 6.50. The number of nitrogens with one attached hydrogen (secondary N) is 1. The summed E-state index contributed by atoms with van der Waals surface area (Å²) in [6, 6.07) is 18.2. The Morgan fingerprint density at radius 1 is 0.970 bits per heavy atom. The first kappa shape index (κ1) is 22.9. The van der Waals surface area contributed by atoms with Gasteiger partial charge in [-0.2, -0.15) is 0 Å². The summed E-state index contributed by atoms with van der Waals surface area (Å²) in [7, 11) is 1.59. The maximum atomic E-state index is 12.4. The fraction of sp³-hybridized carbons (Fsp3) is 0.320. The fourth-order valence-electron chi connectivity index (χ4n) is 3.82. The summed E-state index contributed by atoms with van der Waals surface area (Å²) in [5.41, 5.74) is 4.28. The van der Waals surface area contributed by atoms with E-state index in [1.54, 1.807) is 7.11 Å². The van der Waals surface area contributed by atoms with Gasteiger partial charge in [-0.15, -0.1) is 10.2 Å². The van der Waals surface area contributed by atoms with Gasteiger partial charge < -0.3 is 19.9 Å². The van der Waals surface area contributed by atoms with E-state index in [1.807, 2.05) is 37.3 Å². The second kappa shape index (κ2) is 10.6. The van der Waals surface area contributed by atoms with Crippen LogP contribution in [0.5, 0.6) is 5.75 Å². The molecular formula is C25H29N5O2S. The summed E-state index contributed by atoms with van der Waals surface area (Å²) in [5, 5.41) is 12.4. The molecule has 2 aromatic carbocycles. The van der Waals surface area contributed by atoms with Crippen LogP contribution in [-0.4, -0.2) is 55.1 Å². The lowest BCUT2D eigenvalue weighted by atomic mass is 10.2. The standard InChI is InChI=1S/C25H29N5O2S/c1-18-5-4-6-20(15-18)29-11-13-30(14-12-29)23-9-10-25(28-27-23)33-17-24(31)26-21-16-19(2)7-8-22(21)32-3/h4-10,15-16H,11-14,17H2,1-3H3,(H,26,31). The fourth-order valence-corrected chi connectivity index (χ4v) is 4.44. The van der Waals surface area contributed by atoms with Gasteiger partial charge in [0, 0.05) is 31.9 Å².